The average Bonchev–Trinajstić information content (AvgIpc) is 3.17. The molecule has 1 aliphatic rings. The van der Waals surface area contributed by atoms with E-state index in [2.05, 4.69) is 59.1 Å². The minimum Gasteiger partial charge on any atom is -0.493 e. The van der Waals surface area contributed by atoms with Crippen molar-refractivity contribution in [2.45, 2.75) is 45.6 Å². The maximum Gasteiger partial charge on any atom is 0.307 e. The number of nitrogens with zero attached hydrogens (tertiary/aromatic N) is 2. The van der Waals surface area contributed by atoms with Gasteiger partial charge in [0, 0.05) is 33.2 Å². The van der Waals surface area contributed by atoms with Crippen LogP contribution in [0.2, 0.25) is 0 Å². The van der Waals surface area contributed by atoms with Gasteiger partial charge in [-0.15, -0.1) is 0 Å². The topological polar surface area (TPSA) is 67.1 Å². The number of ether oxygens (including phenoxy) is 1. The fraction of sp³-hybridized carbons (Fsp3) is 0.360. The minimum atomic E-state index is -0.536. The molecule has 0 fully saturated rings. The molecule has 0 aliphatic carbocycles. The molecule has 1 N–H and O–H groups in total. The van der Waals surface area contributed by atoms with Crippen molar-refractivity contribution in [2.24, 2.45) is 5.10 Å². The summed E-state index contributed by atoms with van der Waals surface area (Å²) in [5, 5.41) is 4.69. The number of methoxy groups -OCH3 is 1. The number of nitrogens with one attached hydrogen (secondary N) is 1. The van der Waals surface area contributed by atoms with Crippen molar-refractivity contribution >= 4 is 44.7 Å². The van der Waals surface area contributed by atoms with Crippen LogP contribution in [0.1, 0.15) is 61.7 Å². The fourth-order valence-electron chi connectivity index (χ4n) is 4.78. The Morgan fingerprint density at radius 1 is 1.36 bits per heavy atom. The number of amides is 1. The van der Waals surface area contributed by atoms with E-state index in [1.165, 1.54) is 13.3 Å². The van der Waals surface area contributed by atoms with E-state index in [-0.39, 0.29) is 23.0 Å². The monoisotopic (exact) mass is 515 g/mol. The maximum atomic E-state index is 14.9. The van der Waals surface area contributed by atoms with Crippen LogP contribution in [0.4, 0.5) is 10.1 Å². The molecule has 8 heteroatoms. The van der Waals surface area contributed by atoms with Crippen molar-refractivity contribution in [3.63, 3.8) is 0 Å². The average molecular weight is 516 g/mol. The van der Waals surface area contributed by atoms with E-state index in [0.29, 0.717) is 22.3 Å². The Kier molecular flexibility index (Phi) is 6.22. The minimum absolute atomic E-state index is 0.0396. The lowest BCUT2D eigenvalue weighted by Crippen LogP contribution is -2.48. The summed E-state index contributed by atoms with van der Waals surface area (Å²) < 4.78 is 26.7. The standard InChI is InChI=1S/C25H27BrFN3O3/c1-6-30-20-11-19(27)16(8-18(20)14(2)12-25(30,3)4)13-28-29-24(31)22-9-15-7-17(26)10-21(32-5)23(15)33-22/h7-11,13-14H,6,12H2,1-5H3,(H,29,31)/b28-13-. The third-order valence-electron chi connectivity index (χ3n) is 6.18. The fourth-order valence-corrected chi connectivity index (χ4v) is 5.24. The van der Waals surface area contributed by atoms with Crippen LogP contribution in [-0.4, -0.2) is 31.3 Å². The normalized spacial score (nSPS) is 17.4. The first kappa shape index (κ1) is 23.3. The first-order chi connectivity index (χ1) is 15.6. The van der Waals surface area contributed by atoms with Crippen molar-refractivity contribution in [2.75, 3.05) is 18.6 Å². The third-order valence-corrected chi connectivity index (χ3v) is 6.64. The third kappa shape index (κ3) is 4.36. The number of carbonyl (C=O) groups excluding carboxylic acids is 1. The number of carbonyl (C=O) groups is 1. The van der Waals surface area contributed by atoms with Gasteiger partial charge < -0.3 is 14.1 Å². The summed E-state index contributed by atoms with van der Waals surface area (Å²) in [6, 6.07) is 8.59. The van der Waals surface area contributed by atoms with Crippen LogP contribution >= 0.6 is 15.9 Å². The summed E-state index contributed by atoms with van der Waals surface area (Å²) in [5.74, 6) is -0.0416. The highest BCUT2D eigenvalue weighted by molar-refractivity contribution is 9.10. The highest BCUT2D eigenvalue weighted by Crippen LogP contribution is 2.43. The predicted molar refractivity (Wildman–Crippen MR) is 132 cm³/mol. The van der Waals surface area contributed by atoms with Gasteiger partial charge in [0.1, 0.15) is 5.82 Å². The molecule has 174 valence electrons. The molecular weight excluding hydrogens is 489 g/mol. The van der Waals surface area contributed by atoms with E-state index in [1.807, 2.05) is 12.1 Å². The van der Waals surface area contributed by atoms with Crippen LogP contribution in [0.25, 0.3) is 11.0 Å². The number of rotatable bonds is 5. The molecule has 2 heterocycles. The lowest BCUT2D eigenvalue weighted by Gasteiger charge is -2.47. The summed E-state index contributed by atoms with van der Waals surface area (Å²) in [4.78, 5) is 14.8. The van der Waals surface area contributed by atoms with Gasteiger partial charge in [-0.2, -0.15) is 5.10 Å². The van der Waals surface area contributed by atoms with E-state index in [4.69, 9.17) is 9.15 Å². The van der Waals surface area contributed by atoms with Crippen molar-refractivity contribution in [1.29, 1.82) is 0 Å². The van der Waals surface area contributed by atoms with Crippen LogP contribution < -0.4 is 15.1 Å². The van der Waals surface area contributed by atoms with Crippen LogP contribution in [0.3, 0.4) is 0 Å². The molecule has 2 aromatic carbocycles. The predicted octanol–water partition coefficient (Wildman–Crippen LogP) is 6.22. The van der Waals surface area contributed by atoms with Gasteiger partial charge in [-0.1, -0.05) is 22.9 Å². The summed E-state index contributed by atoms with van der Waals surface area (Å²) in [6.45, 7) is 9.41. The molecule has 6 nitrogen and oxygen atoms in total. The zero-order valence-electron chi connectivity index (χ0n) is 19.3. The molecule has 1 atom stereocenters. The van der Waals surface area contributed by atoms with E-state index in [1.54, 1.807) is 18.2 Å². The molecule has 1 amide bonds. The van der Waals surface area contributed by atoms with Crippen LogP contribution in [-0.2, 0) is 0 Å². The van der Waals surface area contributed by atoms with E-state index in [0.717, 1.165) is 28.7 Å². The molecule has 0 saturated carbocycles. The Bertz CT molecular complexity index is 1250. The lowest BCUT2D eigenvalue weighted by atomic mass is 9.79. The van der Waals surface area contributed by atoms with Crippen LogP contribution in [0.15, 0.2) is 44.3 Å². The van der Waals surface area contributed by atoms with Gasteiger partial charge in [0.05, 0.1) is 13.3 Å². The Balaban J connectivity index is 1.56. The number of furan rings is 1. The largest absolute Gasteiger partial charge is 0.493 e. The first-order valence-electron chi connectivity index (χ1n) is 10.9. The first-order valence-corrected chi connectivity index (χ1v) is 11.7. The molecule has 1 unspecified atom stereocenters. The number of halogens is 2. The molecule has 3 aromatic rings. The highest BCUT2D eigenvalue weighted by atomic mass is 79.9. The molecule has 0 spiro atoms. The van der Waals surface area contributed by atoms with Gasteiger partial charge in [0.15, 0.2) is 17.1 Å². The van der Waals surface area contributed by atoms with Gasteiger partial charge >= 0.3 is 5.91 Å². The Hall–Kier alpha value is -2.87. The molecular formula is C25H27BrFN3O3. The maximum absolute atomic E-state index is 14.9. The smallest absolute Gasteiger partial charge is 0.307 e. The molecule has 0 saturated heterocycles. The Morgan fingerprint density at radius 3 is 2.82 bits per heavy atom. The zero-order chi connectivity index (χ0) is 23.9. The number of fused-ring (bicyclic) bond motifs is 2. The van der Waals surface area contributed by atoms with E-state index < -0.39 is 5.91 Å². The number of hydrazone groups is 1. The quantitative estimate of drug-likeness (QED) is 0.323. The summed E-state index contributed by atoms with van der Waals surface area (Å²) in [5.41, 5.74) is 5.17. The number of anilines is 1. The second-order valence-corrected chi connectivity index (χ2v) is 9.85. The Labute approximate surface area is 200 Å². The Morgan fingerprint density at radius 2 is 2.12 bits per heavy atom. The van der Waals surface area contributed by atoms with Crippen molar-refractivity contribution in [3.05, 3.63) is 57.5 Å². The van der Waals surface area contributed by atoms with Gasteiger partial charge in [-0.3, -0.25) is 4.79 Å². The number of hydrogen-bond acceptors (Lipinski definition) is 5. The van der Waals surface area contributed by atoms with E-state index >= 15 is 0 Å². The van der Waals surface area contributed by atoms with Crippen molar-refractivity contribution < 1.29 is 18.3 Å². The van der Waals surface area contributed by atoms with Gasteiger partial charge in [0.2, 0.25) is 0 Å². The second-order valence-electron chi connectivity index (χ2n) is 8.93. The highest BCUT2D eigenvalue weighted by Gasteiger charge is 2.36. The number of hydrogen-bond donors (Lipinski definition) is 1. The van der Waals surface area contributed by atoms with Gasteiger partial charge in [0.25, 0.3) is 0 Å². The molecule has 1 aromatic heterocycles. The van der Waals surface area contributed by atoms with Crippen LogP contribution in [0, 0.1) is 5.82 Å². The van der Waals surface area contributed by atoms with E-state index in [9.17, 15) is 9.18 Å². The molecule has 0 radical (unpaired) electrons. The molecule has 33 heavy (non-hydrogen) atoms. The second kappa shape index (κ2) is 8.82. The lowest BCUT2D eigenvalue weighted by molar-refractivity contribution is 0.0929. The number of benzene rings is 2. The van der Waals surface area contributed by atoms with Gasteiger partial charge in [-0.05, 0) is 69.0 Å². The zero-order valence-corrected chi connectivity index (χ0v) is 20.9. The summed E-state index contributed by atoms with van der Waals surface area (Å²) in [7, 11) is 1.53. The van der Waals surface area contributed by atoms with Gasteiger partial charge in [-0.25, -0.2) is 9.82 Å². The SMILES string of the molecule is CCN1c2cc(F)c(/C=N\NC(=O)c3cc4cc(Br)cc(OC)c4o3)cc2C(C)CC1(C)C. The summed E-state index contributed by atoms with van der Waals surface area (Å²) in [6.07, 6.45) is 2.30. The molecule has 0 bridgehead atoms. The van der Waals surface area contributed by atoms with Crippen molar-refractivity contribution in [3.8, 4) is 5.75 Å². The van der Waals surface area contributed by atoms with Crippen LogP contribution in [0.5, 0.6) is 5.75 Å². The van der Waals surface area contributed by atoms with Crippen molar-refractivity contribution in [1.82, 2.24) is 5.43 Å². The molecule has 4 rings (SSSR count). The summed E-state index contributed by atoms with van der Waals surface area (Å²) >= 11 is 3.41. The molecule has 1 aliphatic heterocycles.